The molecule has 312 valence electrons. The van der Waals surface area contributed by atoms with Gasteiger partial charge in [-0.1, -0.05) is 62.1 Å². The lowest BCUT2D eigenvalue weighted by molar-refractivity contribution is -0.144. The smallest absolute Gasteiger partial charge is 0.410 e. The molecular weight excluding hydrogens is 744 g/mol. The van der Waals surface area contributed by atoms with Gasteiger partial charge in [-0.3, -0.25) is 9.59 Å². The second kappa shape index (κ2) is 20.6. The van der Waals surface area contributed by atoms with E-state index in [2.05, 4.69) is 17.1 Å². The molecule has 4 aliphatic heterocycles. The van der Waals surface area contributed by atoms with Crippen LogP contribution in [0.3, 0.4) is 0 Å². The molecule has 0 aromatic heterocycles. The van der Waals surface area contributed by atoms with Crippen molar-refractivity contribution in [2.24, 2.45) is 11.8 Å². The van der Waals surface area contributed by atoms with Gasteiger partial charge in [0, 0.05) is 57.4 Å². The van der Waals surface area contributed by atoms with Gasteiger partial charge in [0.25, 0.3) is 5.91 Å². The minimum Gasteiger partial charge on any atom is -0.466 e. The number of halogens is 1. The van der Waals surface area contributed by atoms with E-state index in [0.29, 0.717) is 81.1 Å². The first kappa shape index (κ1) is 42.6. The molecule has 2 aromatic carbocycles. The first-order valence-electron chi connectivity index (χ1n) is 21.4. The Morgan fingerprint density at radius 3 is 2.28 bits per heavy atom. The normalized spacial score (nSPS) is 19.4. The van der Waals surface area contributed by atoms with Gasteiger partial charge in [-0.05, 0) is 112 Å². The number of rotatable bonds is 14. The number of anilines is 2. The number of piperidine rings is 3. The molecule has 0 spiro atoms. The van der Waals surface area contributed by atoms with E-state index in [4.69, 9.17) is 26.8 Å². The van der Waals surface area contributed by atoms with E-state index in [-0.39, 0.29) is 30.4 Å². The van der Waals surface area contributed by atoms with Crippen LogP contribution in [0, 0.1) is 18.8 Å². The highest BCUT2D eigenvalue weighted by molar-refractivity contribution is 6.33. The molecule has 0 radical (unpaired) electrons. The van der Waals surface area contributed by atoms with Gasteiger partial charge in [-0.25, -0.2) is 9.59 Å². The van der Waals surface area contributed by atoms with Crippen molar-refractivity contribution in [1.82, 2.24) is 19.6 Å². The van der Waals surface area contributed by atoms with E-state index in [1.165, 1.54) is 12.8 Å². The number of nitrogens with two attached hydrogens (primary N) is 1. The van der Waals surface area contributed by atoms with Crippen molar-refractivity contribution in [1.29, 1.82) is 0 Å². The lowest BCUT2D eigenvalue weighted by atomic mass is 9.78. The molecule has 57 heavy (non-hydrogen) atoms. The first-order valence-corrected chi connectivity index (χ1v) is 21.8. The predicted octanol–water partition coefficient (Wildman–Crippen LogP) is 7.30. The summed E-state index contributed by atoms with van der Waals surface area (Å²) in [7, 11) is 0. The molecule has 1 atom stereocenters. The number of nitrogen functional groups attached to an aromatic ring is 1. The number of urea groups is 1. The molecule has 0 aliphatic carbocycles. The van der Waals surface area contributed by atoms with Crippen LogP contribution in [0.15, 0.2) is 36.4 Å². The van der Waals surface area contributed by atoms with Crippen molar-refractivity contribution in [2.75, 3.05) is 70.0 Å². The molecule has 0 saturated carbocycles. The molecule has 0 unspecified atom stereocenters. The van der Waals surface area contributed by atoms with E-state index in [0.717, 1.165) is 87.0 Å². The van der Waals surface area contributed by atoms with Crippen molar-refractivity contribution >= 4 is 47.0 Å². The number of hydrogen-bond acceptors (Lipinski definition) is 8. The fourth-order valence-electron chi connectivity index (χ4n) is 9.11. The molecule has 3 fully saturated rings. The van der Waals surface area contributed by atoms with Crippen LogP contribution < -0.4 is 11.1 Å². The molecule has 3 N–H and O–H groups in total. The molecular formula is C44H63ClN6O6. The van der Waals surface area contributed by atoms with Crippen LogP contribution in [0.2, 0.25) is 5.02 Å². The molecule has 6 rings (SSSR count). The second-order valence-electron chi connectivity index (χ2n) is 16.5. The highest BCUT2D eigenvalue weighted by Crippen LogP contribution is 2.34. The number of benzene rings is 2. The van der Waals surface area contributed by atoms with Gasteiger partial charge in [0.05, 0.1) is 23.7 Å². The van der Waals surface area contributed by atoms with Gasteiger partial charge in [0.15, 0.2) is 6.10 Å². The topological polar surface area (TPSA) is 138 Å². The van der Waals surface area contributed by atoms with Crippen LogP contribution >= 0.6 is 11.6 Å². The van der Waals surface area contributed by atoms with Gasteiger partial charge >= 0.3 is 18.1 Å². The fourth-order valence-corrected chi connectivity index (χ4v) is 9.40. The molecule has 4 aliphatic rings. The maximum Gasteiger partial charge on any atom is 0.410 e. The van der Waals surface area contributed by atoms with Crippen LogP contribution in [-0.2, 0) is 31.9 Å². The largest absolute Gasteiger partial charge is 0.466 e. The minimum absolute atomic E-state index is 0.00271. The Labute approximate surface area is 343 Å². The van der Waals surface area contributed by atoms with E-state index in [1.54, 1.807) is 11.0 Å². The molecule has 2 aromatic rings. The number of nitrogens with one attached hydrogen (secondary N) is 1. The van der Waals surface area contributed by atoms with Gasteiger partial charge in [-0.2, -0.15) is 0 Å². The third kappa shape index (κ3) is 11.6. The average Bonchev–Trinajstić information content (AvgIpc) is 3.39. The standard InChI is InChI=1S/C44H63ClN6O6/c1-3-4-5-8-27-56-40(52)18-21-48-19-11-33(12-20-48)34-13-22-49(23-14-34)42(53)39(30-32-28-31(2)41(46)37(45)29-32)57-44(55)50-24-16-36(17-25-50)51-26-15-35-9-6-7-10-38(35)47-43(51)54/h6-7,9-10,28-29,33-34,36,39H,3-5,8,11-27,30,46H2,1-2H3,(H,47,54)/t39-/m1/s1. The molecule has 13 heteroatoms. The monoisotopic (exact) mass is 806 g/mol. The zero-order valence-electron chi connectivity index (χ0n) is 34.0. The van der Waals surface area contributed by atoms with Crippen LogP contribution in [-0.4, -0.2) is 115 Å². The average molecular weight is 807 g/mol. The number of carbonyl (C=O) groups is 4. The molecule has 4 amide bonds. The number of aryl methyl sites for hydroxylation is 1. The van der Waals surface area contributed by atoms with Crippen LogP contribution in [0.5, 0.6) is 0 Å². The molecule has 3 saturated heterocycles. The van der Waals surface area contributed by atoms with Crippen molar-refractivity contribution in [3.63, 3.8) is 0 Å². The van der Waals surface area contributed by atoms with Crippen molar-refractivity contribution in [3.8, 4) is 0 Å². The Balaban J connectivity index is 0.990. The number of amides is 4. The maximum absolute atomic E-state index is 14.2. The van der Waals surface area contributed by atoms with Crippen molar-refractivity contribution in [3.05, 3.63) is 58.1 Å². The Bertz CT molecular complexity index is 1660. The van der Waals surface area contributed by atoms with E-state index < -0.39 is 12.2 Å². The summed E-state index contributed by atoms with van der Waals surface area (Å²) in [6.07, 6.45) is 9.55. The number of ether oxygens (including phenoxy) is 2. The van der Waals surface area contributed by atoms with Gasteiger partial charge in [-0.15, -0.1) is 0 Å². The van der Waals surface area contributed by atoms with E-state index in [9.17, 15) is 19.2 Å². The van der Waals surface area contributed by atoms with E-state index in [1.807, 2.05) is 47.1 Å². The number of carbonyl (C=O) groups excluding carboxylic acids is 4. The van der Waals surface area contributed by atoms with E-state index >= 15 is 0 Å². The third-order valence-electron chi connectivity index (χ3n) is 12.7. The molecule has 0 bridgehead atoms. The summed E-state index contributed by atoms with van der Waals surface area (Å²) in [6, 6.07) is 11.4. The summed E-state index contributed by atoms with van der Waals surface area (Å²) in [5, 5.41) is 3.47. The van der Waals surface area contributed by atoms with Crippen LogP contribution in [0.4, 0.5) is 21.0 Å². The molecule has 4 heterocycles. The lowest BCUT2D eigenvalue weighted by Gasteiger charge is -2.41. The number of esters is 1. The predicted molar refractivity (Wildman–Crippen MR) is 223 cm³/mol. The second-order valence-corrected chi connectivity index (χ2v) is 16.9. The number of fused-ring (bicyclic) bond motifs is 1. The van der Waals surface area contributed by atoms with Crippen molar-refractivity contribution in [2.45, 2.75) is 109 Å². The fraction of sp³-hybridized carbons (Fsp3) is 0.636. The third-order valence-corrected chi connectivity index (χ3v) is 13.0. The number of likely N-dealkylation sites (tertiary alicyclic amines) is 3. The first-order chi connectivity index (χ1) is 27.6. The van der Waals surface area contributed by atoms with Crippen molar-refractivity contribution < 1.29 is 28.7 Å². The van der Waals surface area contributed by atoms with Gasteiger partial charge in [0.2, 0.25) is 0 Å². The number of nitrogens with zero attached hydrogens (tertiary/aromatic N) is 4. The zero-order valence-corrected chi connectivity index (χ0v) is 34.8. The number of unbranched alkanes of at least 4 members (excludes halogenated alkanes) is 3. The number of para-hydroxylation sites is 1. The zero-order chi connectivity index (χ0) is 40.3. The molecule has 12 nitrogen and oxygen atoms in total. The van der Waals surface area contributed by atoms with Gasteiger partial charge < -0.3 is 40.1 Å². The maximum atomic E-state index is 14.2. The summed E-state index contributed by atoms with van der Waals surface area (Å²) >= 11 is 6.45. The summed E-state index contributed by atoms with van der Waals surface area (Å²) in [4.78, 5) is 61.1. The van der Waals surface area contributed by atoms with Crippen LogP contribution in [0.25, 0.3) is 0 Å². The minimum atomic E-state index is -1.01. The Kier molecular flexibility index (Phi) is 15.4. The summed E-state index contributed by atoms with van der Waals surface area (Å²) < 4.78 is 11.5. The quantitative estimate of drug-likeness (QED) is 0.115. The SMILES string of the molecule is CCCCCCOC(=O)CCN1CCC(C2CCN(C(=O)[C@@H](Cc3cc(C)c(N)c(Cl)c3)OC(=O)N3CCC(N4CCc5ccccc5NC4=O)CC3)CC2)CC1. The lowest BCUT2D eigenvalue weighted by Crippen LogP contribution is -2.52. The summed E-state index contributed by atoms with van der Waals surface area (Å²) in [6.45, 7) is 10.00. The number of hydrogen-bond donors (Lipinski definition) is 2. The highest BCUT2D eigenvalue weighted by Gasteiger charge is 2.37. The Morgan fingerprint density at radius 1 is 0.895 bits per heavy atom. The summed E-state index contributed by atoms with van der Waals surface area (Å²) in [5.74, 6) is 0.844. The summed E-state index contributed by atoms with van der Waals surface area (Å²) in [5.41, 5.74) is 10.2. The van der Waals surface area contributed by atoms with Gasteiger partial charge in [0.1, 0.15) is 0 Å². The Hall–Kier alpha value is -4.03. The highest BCUT2D eigenvalue weighted by atomic mass is 35.5. The Morgan fingerprint density at radius 2 is 1.58 bits per heavy atom. The van der Waals surface area contributed by atoms with Crippen LogP contribution in [0.1, 0.15) is 94.2 Å².